The largest absolute Gasteiger partial charge is 0.481 e. The van der Waals surface area contributed by atoms with Crippen LogP contribution in [0.5, 0.6) is 5.88 Å². The van der Waals surface area contributed by atoms with Crippen molar-refractivity contribution in [3.63, 3.8) is 0 Å². The Labute approximate surface area is 143 Å². The van der Waals surface area contributed by atoms with Gasteiger partial charge >= 0.3 is 0 Å². The van der Waals surface area contributed by atoms with Crippen LogP contribution in [0.25, 0.3) is 5.65 Å². The number of piperazine rings is 1. The van der Waals surface area contributed by atoms with Crippen LogP contribution in [0.4, 0.5) is 11.5 Å². The molecular weight excluding hydrogens is 322 g/mol. The van der Waals surface area contributed by atoms with Gasteiger partial charge in [-0.25, -0.2) is 4.98 Å². The number of nitrogens with zero attached hydrogens (tertiary/aromatic N) is 7. The van der Waals surface area contributed by atoms with Crippen molar-refractivity contribution in [2.24, 2.45) is 0 Å². The number of fused-ring (bicyclic) bond motifs is 1. The lowest BCUT2D eigenvalue weighted by Crippen LogP contribution is -2.51. The smallest absolute Gasteiger partial charge is 0.246 e. The van der Waals surface area contributed by atoms with Crippen LogP contribution in [-0.2, 0) is 4.79 Å². The number of hydrogen-bond acceptors (Lipinski definition) is 7. The zero-order chi connectivity index (χ0) is 17.4. The summed E-state index contributed by atoms with van der Waals surface area (Å²) in [5.41, 5.74) is 1.48. The highest BCUT2D eigenvalue weighted by molar-refractivity contribution is 5.97. The molecule has 4 heterocycles. The topological polar surface area (TPSA) is 88.8 Å². The van der Waals surface area contributed by atoms with Crippen LogP contribution in [0.15, 0.2) is 30.5 Å². The van der Waals surface area contributed by atoms with Crippen LogP contribution in [0.2, 0.25) is 0 Å². The van der Waals surface area contributed by atoms with E-state index in [1.54, 1.807) is 34.9 Å². The zero-order valence-corrected chi connectivity index (χ0v) is 14.0. The fraction of sp³-hybridized carbons (Fsp3) is 0.312. The molecule has 9 heteroatoms. The summed E-state index contributed by atoms with van der Waals surface area (Å²) in [6.07, 6.45) is 1.64. The molecule has 128 valence electrons. The van der Waals surface area contributed by atoms with Crippen LogP contribution in [0.1, 0.15) is 5.82 Å². The van der Waals surface area contributed by atoms with Crippen molar-refractivity contribution in [1.82, 2.24) is 24.8 Å². The summed E-state index contributed by atoms with van der Waals surface area (Å²) >= 11 is 0. The van der Waals surface area contributed by atoms with E-state index >= 15 is 0 Å². The molecule has 0 bridgehead atoms. The number of carbonyl (C=O) groups is 1. The average Bonchev–Trinajstić information content (AvgIpc) is 3.02. The third-order valence-corrected chi connectivity index (χ3v) is 4.19. The summed E-state index contributed by atoms with van der Waals surface area (Å²) in [6, 6.07) is 7.29. The van der Waals surface area contributed by atoms with Crippen LogP contribution >= 0.6 is 0 Å². The van der Waals surface area contributed by atoms with E-state index in [2.05, 4.69) is 20.3 Å². The van der Waals surface area contributed by atoms with Crippen molar-refractivity contribution < 1.29 is 9.53 Å². The molecule has 0 saturated carbocycles. The second kappa shape index (κ2) is 6.00. The van der Waals surface area contributed by atoms with Crippen LogP contribution < -0.4 is 14.5 Å². The molecule has 1 aliphatic rings. The van der Waals surface area contributed by atoms with E-state index in [4.69, 9.17) is 4.74 Å². The molecule has 0 spiro atoms. The van der Waals surface area contributed by atoms with Crippen molar-refractivity contribution in [2.45, 2.75) is 6.92 Å². The summed E-state index contributed by atoms with van der Waals surface area (Å²) in [5, 5.41) is 12.6. The number of aromatic nitrogens is 5. The molecule has 1 amide bonds. The van der Waals surface area contributed by atoms with Gasteiger partial charge in [-0.05, 0) is 25.1 Å². The molecule has 1 saturated heterocycles. The minimum Gasteiger partial charge on any atom is -0.481 e. The van der Waals surface area contributed by atoms with E-state index in [1.165, 1.54) is 0 Å². The molecule has 1 fully saturated rings. The number of amides is 1. The Morgan fingerprint density at radius 1 is 1.16 bits per heavy atom. The van der Waals surface area contributed by atoms with Gasteiger partial charge in [0.05, 0.1) is 19.3 Å². The van der Waals surface area contributed by atoms with Gasteiger partial charge in [0.25, 0.3) is 0 Å². The summed E-state index contributed by atoms with van der Waals surface area (Å²) in [5.74, 6) is 1.94. The van der Waals surface area contributed by atoms with E-state index in [0.717, 1.165) is 11.5 Å². The molecule has 9 nitrogen and oxygen atoms in total. The van der Waals surface area contributed by atoms with Crippen molar-refractivity contribution in [3.05, 3.63) is 36.3 Å². The van der Waals surface area contributed by atoms with Gasteiger partial charge in [-0.3, -0.25) is 4.79 Å². The highest BCUT2D eigenvalue weighted by Crippen LogP contribution is 2.22. The molecule has 1 aliphatic heterocycles. The Hall–Kier alpha value is -3.23. The number of methoxy groups -OCH3 is 1. The van der Waals surface area contributed by atoms with Gasteiger partial charge in [0.2, 0.25) is 11.8 Å². The maximum Gasteiger partial charge on any atom is 0.246 e. The number of rotatable bonds is 3. The SMILES string of the molecule is COc1cc(N2CCN(c3ccc4nnc(C)n4n3)CC2=O)ccn1. The van der Waals surface area contributed by atoms with E-state index in [-0.39, 0.29) is 12.5 Å². The molecule has 25 heavy (non-hydrogen) atoms. The molecule has 0 radical (unpaired) electrons. The molecule has 3 aromatic rings. The molecule has 0 atom stereocenters. The van der Waals surface area contributed by atoms with E-state index in [0.29, 0.717) is 30.4 Å². The number of aryl methyl sites for hydroxylation is 1. The normalized spacial score (nSPS) is 15.0. The maximum absolute atomic E-state index is 12.6. The Morgan fingerprint density at radius 3 is 2.84 bits per heavy atom. The second-order valence-corrected chi connectivity index (χ2v) is 5.73. The van der Waals surface area contributed by atoms with Crippen molar-refractivity contribution in [2.75, 3.05) is 36.5 Å². The lowest BCUT2D eigenvalue weighted by Gasteiger charge is -2.34. The van der Waals surface area contributed by atoms with Gasteiger partial charge in [0, 0.05) is 25.4 Å². The number of carbonyl (C=O) groups excluding carboxylic acids is 1. The predicted molar refractivity (Wildman–Crippen MR) is 90.9 cm³/mol. The lowest BCUT2D eigenvalue weighted by molar-refractivity contribution is -0.117. The first-order chi connectivity index (χ1) is 12.2. The third-order valence-electron chi connectivity index (χ3n) is 4.19. The first-order valence-electron chi connectivity index (χ1n) is 7.90. The van der Waals surface area contributed by atoms with Gasteiger partial charge < -0.3 is 14.5 Å². The van der Waals surface area contributed by atoms with Gasteiger partial charge in [-0.15, -0.1) is 15.3 Å². The number of anilines is 2. The summed E-state index contributed by atoms with van der Waals surface area (Å²) in [4.78, 5) is 20.4. The molecule has 0 aromatic carbocycles. The van der Waals surface area contributed by atoms with Crippen LogP contribution in [-0.4, -0.2) is 57.4 Å². The van der Waals surface area contributed by atoms with E-state index in [1.807, 2.05) is 24.0 Å². The van der Waals surface area contributed by atoms with Crippen molar-refractivity contribution >= 4 is 23.1 Å². The lowest BCUT2D eigenvalue weighted by atomic mass is 10.2. The molecule has 0 N–H and O–H groups in total. The predicted octanol–water partition coefficient (Wildman–Crippen LogP) is 0.690. The maximum atomic E-state index is 12.6. The summed E-state index contributed by atoms with van der Waals surface area (Å²) in [7, 11) is 1.56. The fourth-order valence-corrected chi connectivity index (χ4v) is 2.88. The minimum atomic E-state index is 0.00174. The zero-order valence-electron chi connectivity index (χ0n) is 14.0. The van der Waals surface area contributed by atoms with Crippen LogP contribution in [0.3, 0.4) is 0 Å². The standard InChI is InChI=1S/C16H17N7O2/c1-11-18-19-13-3-4-14(20-23(11)13)21-7-8-22(16(24)10-21)12-5-6-17-15(9-12)25-2/h3-6,9H,7-8,10H2,1-2H3. The second-order valence-electron chi connectivity index (χ2n) is 5.73. The van der Waals surface area contributed by atoms with Gasteiger partial charge in [0.15, 0.2) is 11.5 Å². The Bertz CT molecular complexity index is 939. The van der Waals surface area contributed by atoms with E-state index < -0.39 is 0 Å². The van der Waals surface area contributed by atoms with E-state index in [9.17, 15) is 4.79 Å². The summed E-state index contributed by atoms with van der Waals surface area (Å²) in [6.45, 7) is 3.34. The Morgan fingerprint density at radius 2 is 2.04 bits per heavy atom. The Balaban J connectivity index is 1.55. The van der Waals surface area contributed by atoms with Crippen molar-refractivity contribution in [3.8, 4) is 5.88 Å². The molecule has 3 aromatic heterocycles. The molecular formula is C16H17N7O2. The first kappa shape index (κ1) is 15.3. The highest BCUT2D eigenvalue weighted by Gasteiger charge is 2.26. The van der Waals surface area contributed by atoms with Gasteiger partial charge in [-0.2, -0.15) is 4.52 Å². The minimum absolute atomic E-state index is 0.00174. The van der Waals surface area contributed by atoms with Gasteiger partial charge in [0.1, 0.15) is 5.82 Å². The Kier molecular flexibility index (Phi) is 3.68. The summed E-state index contributed by atoms with van der Waals surface area (Å²) < 4.78 is 6.81. The average molecular weight is 339 g/mol. The van der Waals surface area contributed by atoms with Crippen LogP contribution in [0, 0.1) is 6.92 Å². The van der Waals surface area contributed by atoms with Gasteiger partial charge in [-0.1, -0.05) is 0 Å². The molecule has 0 aliphatic carbocycles. The number of ether oxygens (including phenoxy) is 1. The highest BCUT2D eigenvalue weighted by atomic mass is 16.5. The quantitative estimate of drug-likeness (QED) is 0.693. The monoisotopic (exact) mass is 339 g/mol. The molecule has 4 rings (SSSR count). The fourth-order valence-electron chi connectivity index (χ4n) is 2.88. The first-order valence-corrected chi connectivity index (χ1v) is 7.90. The third kappa shape index (κ3) is 2.73. The number of hydrogen-bond donors (Lipinski definition) is 0. The van der Waals surface area contributed by atoms with Crippen molar-refractivity contribution in [1.29, 1.82) is 0 Å². The number of pyridine rings is 1. The molecule has 0 unspecified atom stereocenters.